The molecule has 21 heavy (non-hydrogen) atoms. The molecule has 0 aromatic heterocycles. The van der Waals surface area contributed by atoms with Crippen molar-refractivity contribution in [1.29, 1.82) is 0 Å². The lowest BCUT2D eigenvalue weighted by molar-refractivity contribution is 0.0725. The van der Waals surface area contributed by atoms with E-state index in [9.17, 15) is 0 Å². The van der Waals surface area contributed by atoms with Crippen LogP contribution >= 0.6 is 0 Å². The molecule has 4 nitrogen and oxygen atoms in total. The Labute approximate surface area is 131 Å². The summed E-state index contributed by atoms with van der Waals surface area (Å²) in [7, 11) is 2.32. The Morgan fingerprint density at radius 3 is 2.57 bits per heavy atom. The van der Waals surface area contributed by atoms with Crippen molar-refractivity contribution in [3.63, 3.8) is 0 Å². The van der Waals surface area contributed by atoms with Crippen LogP contribution in [-0.2, 0) is 4.74 Å². The van der Waals surface area contributed by atoms with Gasteiger partial charge in [0.25, 0.3) is 0 Å². The van der Waals surface area contributed by atoms with Gasteiger partial charge in [0.05, 0.1) is 6.61 Å². The first-order chi connectivity index (χ1) is 10.0. The van der Waals surface area contributed by atoms with Gasteiger partial charge in [-0.1, -0.05) is 20.8 Å². The Hall–Kier alpha value is -0.160. The second kappa shape index (κ2) is 7.91. The van der Waals surface area contributed by atoms with Gasteiger partial charge in [-0.3, -0.25) is 0 Å². The molecule has 0 aromatic carbocycles. The SMILES string of the molecule is CCN1CCC(N(C)CC2(CNC(C)C)CCOC2)CC1. The van der Waals surface area contributed by atoms with Crippen LogP contribution in [0.5, 0.6) is 0 Å². The van der Waals surface area contributed by atoms with Crippen LogP contribution in [0.1, 0.15) is 40.0 Å². The Morgan fingerprint density at radius 1 is 1.33 bits per heavy atom. The minimum Gasteiger partial charge on any atom is -0.381 e. The normalized spacial score (nSPS) is 28.9. The highest BCUT2D eigenvalue weighted by Crippen LogP contribution is 2.30. The summed E-state index contributed by atoms with van der Waals surface area (Å²) in [6.45, 7) is 14.6. The topological polar surface area (TPSA) is 27.7 Å². The molecule has 0 amide bonds. The van der Waals surface area contributed by atoms with Crippen LogP contribution < -0.4 is 5.32 Å². The van der Waals surface area contributed by atoms with Crippen LogP contribution in [0.25, 0.3) is 0 Å². The fourth-order valence-corrected chi connectivity index (χ4v) is 3.72. The molecule has 4 heteroatoms. The standard InChI is InChI=1S/C17H35N3O/c1-5-20-9-6-16(7-10-20)19(4)13-17(8-11-21-14-17)12-18-15(2)3/h15-16,18H,5-14H2,1-4H3. The van der Waals surface area contributed by atoms with Gasteiger partial charge >= 0.3 is 0 Å². The van der Waals surface area contributed by atoms with Gasteiger partial charge in [-0.05, 0) is 45.9 Å². The summed E-state index contributed by atoms with van der Waals surface area (Å²) in [4.78, 5) is 5.18. The van der Waals surface area contributed by atoms with Crippen molar-refractivity contribution in [2.75, 3.05) is 53.0 Å². The van der Waals surface area contributed by atoms with Crippen LogP contribution in [0.3, 0.4) is 0 Å². The molecule has 0 saturated carbocycles. The van der Waals surface area contributed by atoms with Crippen molar-refractivity contribution < 1.29 is 4.74 Å². The molecule has 2 saturated heterocycles. The van der Waals surface area contributed by atoms with Crippen molar-refractivity contribution in [3.8, 4) is 0 Å². The lowest BCUT2D eigenvalue weighted by Gasteiger charge is -2.40. The van der Waals surface area contributed by atoms with E-state index >= 15 is 0 Å². The summed E-state index contributed by atoms with van der Waals surface area (Å²) in [5, 5.41) is 3.64. The first kappa shape index (κ1) is 17.2. The van der Waals surface area contributed by atoms with E-state index in [4.69, 9.17) is 4.74 Å². The van der Waals surface area contributed by atoms with Crippen molar-refractivity contribution in [1.82, 2.24) is 15.1 Å². The molecule has 2 aliphatic rings. The minimum absolute atomic E-state index is 0.320. The zero-order valence-corrected chi connectivity index (χ0v) is 14.5. The third-order valence-electron chi connectivity index (χ3n) is 5.28. The summed E-state index contributed by atoms with van der Waals surface area (Å²) in [6.07, 6.45) is 3.84. The number of likely N-dealkylation sites (tertiary alicyclic amines) is 1. The smallest absolute Gasteiger partial charge is 0.0547 e. The van der Waals surface area contributed by atoms with E-state index in [0.717, 1.165) is 25.8 Å². The van der Waals surface area contributed by atoms with Crippen LogP contribution in [0, 0.1) is 5.41 Å². The second-order valence-electron chi connectivity index (χ2n) is 7.42. The summed E-state index contributed by atoms with van der Waals surface area (Å²) in [5.74, 6) is 0. The number of nitrogens with zero attached hydrogens (tertiary/aromatic N) is 2. The molecule has 2 fully saturated rings. The van der Waals surface area contributed by atoms with Crippen LogP contribution in [0.2, 0.25) is 0 Å². The molecule has 0 spiro atoms. The van der Waals surface area contributed by atoms with Crippen molar-refractivity contribution in [3.05, 3.63) is 0 Å². The molecular formula is C17H35N3O. The lowest BCUT2D eigenvalue weighted by atomic mass is 9.85. The molecule has 0 aliphatic carbocycles. The molecule has 0 bridgehead atoms. The maximum atomic E-state index is 5.74. The van der Waals surface area contributed by atoms with E-state index in [1.807, 2.05) is 0 Å². The Morgan fingerprint density at radius 2 is 2.05 bits per heavy atom. The minimum atomic E-state index is 0.320. The van der Waals surface area contributed by atoms with Crippen molar-refractivity contribution in [2.45, 2.75) is 52.1 Å². The first-order valence-electron chi connectivity index (χ1n) is 8.78. The molecule has 0 radical (unpaired) electrons. The van der Waals surface area contributed by atoms with Crippen molar-refractivity contribution in [2.24, 2.45) is 5.41 Å². The monoisotopic (exact) mass is 297 g/mol. The molecule has 1 atom stereocenters. The number of hydrogen-bond acceptors (Lipinski definition) is 4. The predicted octanol–water partition coefficient (Wildman–Crippen LogP) is 1.81. The molecule has 1 N–H and O–H groups in total. The zero-order valence-electron chi connectivity index (χ0n) is 14.5. The van der Waals surface area contributed by atoms with Gasteiger partial charge in [-0.25, -0.2) is 0 Å². The van der Waals surface area contributed by atoms with E-state index in [-0.39, 0.29) is 0 Å². The van der Waals surface area contributed by atoms with E-state index in [0.29, 0.717) is 11.5 Å². The van der Waals surface area contributed by atoms with Gasteiger partial charge in [0.1, 0.15) is 0 Å². The molecule has 2 heterocycles. The van der Waals surface area contributed by atoms with Crippen LogP contribution in [0.15, 0.2) is 0 Å². The predicted molar refractivity (Wildman–Crippen MR) is 88.8 cm³/mol. The van der Waals surface area contributed by atoms with E-state index in [2.05, 4.69) is 42.9 Å². The number of hydrogen-bond donors (Lipinski definition) is 1. The van der Waals surface area contributed by atoms with E-state index in [1.165, 1.54) is 45.4 Å². The zero-order chi connectivity index (χ0) is 15.3. The second-order valence-corrected chi connectivity index (χ2v) is 7.42. The summed E-state index contributed by atoms with van der Waals surface area (Å²) in [5.41, 5.74) is 0.320. The fraction of sp³-hybridized carbons (Fsp3) is 1.00. The summed E-state index contributed by atoms with van der Waals surface area (Å²) in [6, 6.07) is 1.31. The van der Waals surface area contributed by atoms with Gasteiger partial charge in [0, 0.05) is 37.2 Å². The van der Waals surface area contributed by atoms with Crippen LogP contribution in [-0.4, -0.2) is 74.9 Å². The average molecular weight is 297 g/mol. The highest BCUT2D eigenvalue weighted by atomic mass is 16.5. The van der Waals surface area contributed by atoms with Gasteiger partial charge in [-0.2, -0.15) is 0 Å². The summed E-state index contributed by atoms with van der Waals surface area (Å²) < 4.78 is 5.74. The number of nitrogens with one attached hydrogen (secondary N) is 1. The third-order valence-corrected chi connectivity index (χ3v) is 5.28. The Bertz CT molecular complexity index is 294. The quantitative estimate of drug-likeness (QED) is 0.775. The average Bonchev–Trinajstić information content (AvgIpc) is 2.94. The molecule has 2 rings (SSSR count). The Kier molecular flexibility index (Phi) is 6.48. The lowest BCUT2D eigenvalue weighted by Crippen LogP contribution is -2.50. The number of piperidine rings is 1. The molecule has 124 valence electrons. The largest absolute Gasteiger partial charge is 0.381 e. The highest BCUT2D eigenvalue weighted by molar-refractivity contribution is 4.90. The molecule has 0 aromatic rings. The summed E-state index contributed by atoms with van der Waals surface area (Å²) >= 11 is 0. The van der Waals surface area contributed by atoms with Crippen molar-refractivity contribution >= 4 is 0 Å². The molecular weight excluding hydrogens is 262 g/mol. The molecule has 2 aliphatic heterocycles. The van der Waals surface area contributed by atoms with Gasteiger partial charge in [0.2, 0.25) is 0 Å². The maximum absolute atomic E-state index is 5.74. The van der Waals surface area contributed by atoms with E-state index < -0.39 is 0 Å². The van der Waals surface area contributed by atoms with Gasteiger partial charge < -0.3 is 19.9 Å². The van der Waals surface area contributed by atoms with E-state index in [1.54, 1.807) is 0 Å². The maximum Gasteiger partial charge on any atom is 0.0547 e. The molecule has 1 unspecified atom stereocenters. The fourth-order valence-electron chi connectivity index (χ4n) is 3.72. The third kappa shape index (κ3) is 4.92. The number of ether oxygens (including phenoxy) is 1. The Balaban J connectivity index is 1.85. The first-order valence-corrected chi connectivity index (χ1v) is 8.78. The number of rotatable bonds is 7. The highest BCUT2D eigenvalue weighted by Gasteiger charge is 2.37. The van der Waals surface area contributed by atoms with Crippen LogP contribution in [0.4, 0.5) is 0 Å². The van der Waals surface area contributed by atoms with Gasteiger partial charge in [0.15, 0.2) is 0 Å². The van der Waals surface area contributed by atoms with Gasteiger partial charge in [-0.15, -0.1) is 0 Å².